The molecule has 0 fully saturated rings. The second-order valence-electron chi connectivity index (χ2n) is 10.7. The minimum Gasteiger partial charge on any atom is -0.387 e. The van der Waals surface area contributed by atoms with Crippen molar-refractivity contribution in [1.29, 1.82) is 0 Å². The Hall–Kier alpha value is -1.02. The Kier molecular flexibility index (Phi) is 27.4. The van der Waals surface area contributed by atoms with Crippen LogP contribution in [0.4, 0.5) is 0 Å². The van der Waals surface area contributed by atoms with Crippen molar-refractivity contribution in [2.75, 3.05) is 19.8 Å². The van der Waals surface area contributed by atoms with Crippen LogP contribution in [0.3, 0.4) is 0 Å². The Balaban J connectivity index is 4.44. The lowest BCUT2D eigenvalue weighted by atomic mass is 10.0. The fourth-order valence-corrected chi connectivity index (χ4v) is 5.08. The van der Waals surface area contributed by atoms with E-state index in [1.807, 2.05) is 6.08 Å². The molecular formula is C31H61N2O6P. The molecule has 0 aromatic carbocycles. The van der Waals surface area contributed by atoms with Gasteiger partial charge < -0.3 is 21.1 Å². The Morgan fingerprint density at radius 1 is 0.800 bits per heavy atom. The third-order valence-corrected chi connectivity index (χ3v) is 7.76. The number of amides is 1. The van der Waals surface area contributed by atoms with Gasteiger partial charge in [-0.1, -0.05) is 122 Å². The quantitative estimate of drug-likeness (QED) is 0.0404. The second kappa shape index (κ2) is 28.1. The first-order valence-corrected chi connectivity index (χ1v) is 17.5. The topological polar surface area (TPSA) is 131 Å². The number of carbonyl (C=O) groups is 1. The lowest BCUT2D eigenvalue weighted by Crippen LogP contribution is -2.45. The van der Waals surface area contributed by atoms with Gasteiger partial charge in [-0.3, -0.25) is 13.8 Å². The lowest BCUT2D eigenvalue weighted by Gasteiger charge is -2.23. The van der Waals surface area contributed by atoms with Gasteiger partial charge in [-0.2, -0.15) is 0 Å². The van der Waals surface area contributed by atoms with Gasteiger partial charge in [-0.25, -0.2) is 4.57 Å². The van der Waals surface area contributed by atoms with Gasteiger partial charge in [-0.15, -0.1) is 0 Å². The van der Waals surface area contributed by atoms with Crippen LogP contribution in [-0.4, -0.2) is 47.8 Å². The molecule has 0 aliphatic heterocycles. The summed E-state index contributed by atoms with van der Waals surface area (Å²) in [6, 6.07) is -0.868. The number of nitrogens with one attached hydrogen (secondary N) is 1. The van der Waals surface area contributed by atoms with Gasteiger partial charge in [-0.05, 0) is 32.1 Å². The summed E-state index contributed by atoms with van der Waals surface area (Å²) in [6.07, 6.45) is 28.0. The van der Waals surface area contributed by atoms with Crippen molar-refractivity contribution in [3.05, 3.63) is 24.3 Å². The molecule has 0 aromatic heterocycles. The number of phosphoric acid groups is 1. The summed E-state index contributed by atoms with van der Waals surface area (Å²) >= 11 is 0. The number of phosphoric ester groups is 1. The Bertz CT molecular complexity index is 689. The van der Waals surface area contributed by atoms with Crippen molar-refractivity contribution in [3.63, 3.8) is 0 Å². The van der Waals surface area contributed by atoms with E-state index < -0.39 is 20.0 Å². The zero-order valence-corrected chi connectivity index (χ0v) is 26.5. The molecule has 9 heteroatoms. The SMILES string of the molecule is CCCCC/C=C/CC/C=C/C(O)C(COP(=O)(O)OCCN)NC(=O)CCCCCCCCCCCCCC. The number of aliphatic hydroxyl groups excluding tert-OH is 1. The minimum absolute atomic E-state index is 0.0749. The summed E-state index contributed by atoms with van der Waals surface area (Å²) in [4.78, 5) is 22.4. The van der Waals surface area contributed by atoms with E-state index in [9.17, 15) is 19.4 Å². The number of nitrogens with two attached hydrogens (primary N) is 1. The van der Waals surface area contributed by atoms with Crippen LogP contribution in [-0.2, 0) is 18.4 Å². The first-order valence-electron chi connectivity index (χ1n) is 16.0. The van der Waals surface area contributed by atoms with E-state index in [-0.39, 0.29) is 25.7 Å². The summed E-state index contributed by atoms with van der Waals surface area (Å²) < 4.78 is 21.8. The molecule has 1 amide bonds. The third kappa shape index (κ3) is 25.9. The number of allylic oxidation sites excluding steroid dienone is 3. The number of unbranched alkanes of at least 4 members (excludes halogenated alkanes) is 15. The van der Waals surface area contributed by atoms with Crippen molar-refractivity contribution >= 4 is 13.7 Å². The number of rotatable bonds is 29. The Morgan fingerprint density at radius 2 is 1.32 bits per heavy atom. The van der Waals surface area contributed by atoms with Crippen molar-refractivity contribution in [2.45, 2.75) is 148 Å². The molecular weight excluding hydrogens is 527 g/mol. The highest BCUT2D eigenvalue weighted by atomic mass is 31.2. The second-order valence-corrected chi connectivity index (χ2v) is 12.1. The molecule has 0 rings (SSSR count). The van der Waals surface area contributed by atoms with Crippen LogP contribution in [0.2, 0.25) is 0 Å². The number of hydrogen-bond acceptors (Lipinski definition) is 6. The average molecular weight is 589 g/mol. The maximum atomic E-state index is 12.6. The highest BCUT2D eigenvalue weighted by molar-refractivity contribution is 7.47. The van der Waals surface area contributed by atoms with E-state index in [4.69, 9.17) is 14.8 Å². The van der Waals surface area contributed by atoms with Crippen LogP contribution in [0, 0.1) is 0 Å². The highest BCUT2D eigenvalue weighted by Gasteiger charge is 2.26. The molecule has 40 heavy (non-hydrogen) atoms. The summed E-state index contributed by atoms with van der Waals surface area (Å²) in [5.74, 6) is -0.209. The van der Waals surface area contributed by atoms with Gasteiger partial charge in [0.2, 0.25) is 5.91 Å². The zero-order chi connectivity index (χ0) is 29.7. The van der Waals surface area contributed by atoms with Gasteiger partial charge in [0.1, 0.15) is 0 Å². The van der Waals surface area contributed by atoms with Crippen molar-refractivity contribution in [1.82, 2.24) is 5.32 Å². The van der Waals surface area contributed by atoms with Crippen LogP contribution >= 0.6 is 7.82 Å². The molecule has 5 N–H and O–H groups in total. The maximum absolute atomic E-state index is 12.6. The third-order valence-electron chi connectivity index (χ3n) is 6.78. The standard InChI is InChI=1S/C31H61N2O6P/c1-3-5-7-9-11-13-14-15-17-19-21-23-25-31(35)33-29(28-39-40(36,37)38-27-26-32)30(34)24-22-20-18-16-12-10-8-6-4-2/h12,16,22,24,29-30,34H,3-11,13-15,17-21,23,25-28,32H2,1-2H3,(H,33,35)(H,36,37)/b16-12+,24-22+. The predicted octanol–water partition coefficient (Wildman–Crippen LogP) is 7.49. The Labute approximate surface area is 245 Å². The molecule has 3 atom stereocenters. The number of hydrogen-bond donors (Lipinski definition) is 4. The molecule has 0 aliphatic rings. The monoisotopic (exact) mass is 588 g/mol. The summed E-state index contributed by atoms with van der Waals surface area (Å²) in [6.45, 7) is 4.02. The number of carbonyl (C=O) groups excluding carboxylic acids is 1. The van der Waals surface area contributed by atoms with Gasteiger partial charge in [0.05, 0.1) is 25.4 Å². The van der Waals surface area contributed by atoms with Crippen LogP contribution in [0.5, 0.6) is 0 Å². The molecule has 0 spiro atoms. The van der Waals surface area contributed by atoms with Crippen molar-refractivity contribution in [3.8, 4) is 0 Å². The maximum Gasteiger partial charge on any atom is 0.472 e. The van der Waals surface area contributed by atoms with Crippen LogP contribution in [0.15, 0.2) is 24.3 Å². The molecule has 0 aromatic rings. The average Bonchev–Trinajstić information content (AvgIpc) is 2.93. The summed E-state index contributed by atoms with van der Waals surface area (Å²) in [7, 11) is -4.32. The molecule has 0 aliphatic carbocycles. The van der Waals surface area contributed by atoms with Gasteiger partial charge in [0, 0.05) is 13.0 Å². The summed E-state index contributed by atoms with van der Waals surface area (Å²) in [5.41, 5.74) is 5.32. The fraction of sp³-hybridized carbons (Fsp3) is 0.839. The molecule has 8 nitrogen and oxygen atoms in total. The van der Waals surface area contributed by atoms with E-state index in [0.717, 1.165) is 38.5 Å². The Morgan fingerprint density at radius 3 is 1.93 bits per heavy atom. The molecule has 0 radical (unpaired) electrons. The van der Waals surface area contributed by atoms with Gasteiger partial charge in [0.15, 0.2) is 0 Å². The largest absolute Gasteiger partial charge is 0.472 e. The highest BCUT2D eigenvalue weighted by Crippen LogP contribution is 2.43. The lowest BCUT2D eigenvalue weighted by molar-refractivity contribution is -0.123. The summed E-state index contributed by atoms with van der Waals surface area (Å²) in [5, 5.41) is 13.4. The van der Waals surface area contributed by atoms with E-state index in [2.05, 4.69) is 31.3 Å². The van der Waals surface area contributed by atoms with E-state index in [0.29, 0.717) is 6.42 Å². The molecule has 3 unspecified atom stereocenters. The van der Waals surface area contributed by atoms with Crippen molar-refractivity contribution in [2.24, 2.45) is 5.73 Å². The minimum atomic E-state index is -4.32. The molecule has 0 bridgehead atoms. The van der Waals surface area contributed by atoms with Crippen LogP contribution in [0.25, 0.3) is 0 Å². The van der Waals surface area contributed by atoms with Gasteiger partial charge in [0.25, 0.3) is 0 Å². The first-order chi connectivity index (χ1) is 19.4. The zero-order valence-electron chi connectivity index (χ0n) is 25.6. The van der Waals surface area contributed by atoms with E-state index in [1.54, 1.807) is 6.08 Å². The molecule has 0 saturated heterocycles. The molecule has 0 saturated carbocycles. The fourth-order valence-electron chi connectivity index (χ4n) is 4.32. The van der Waals surface area contributed by atoms with Crippen molar-refractivity contribution < 1.29 is 28.4 Å². The molecule has 0 heterocycles. The van der Waals surface area contributed by atoms with E-state index >= 15 is 0 Å². The van der Waals surface area contributed by atoms with Crippen LogP contribution < -0.4 is 11.1 Å². The number of aliphatic hydroxyl groups is 1. The van der Waals surface area contributed by atoms with Crippen LogP contribution in [0.1, 0.15) is 136 Å². The normalized spacial score (nSPS) is 15.0. The van der Waals surface area contributed by atoms with E-state index in [1.165, 1.54) is 77.0 Å². The van der Waals surface area contributed by atoms with Gasteiger partial charge >= 0.3 is 7.82 Å². The smallest absolute Gasteiger partial charge is 0.387 e. The molecule has 236 valence electrons. The predicted molar refractivity (Wildman–Crippen MR) is 166 cm³/mol. The first kappa shape index (κ1) is 39.0.